The SMILES string of the molecule is C#CCNC1CCc2ccccc21.C#CCNC1CCc2ccccc21.O=C(O)C(O)C(O)C(=O)O. The van der Waals surface area contributed by atoms with Gasteiger partial charge >= 0.3 is 11.9 Å². The van der Waals surface area contributed by atoms with Gasteiger partial charge in [-0.05, 0) is 47.9 Å². The standard InChI is InChI=1S/2C12H13N.C4H6O6/c2*1-2-9-13-12-8-7-10-5-3-4-6-11(10)12;5-1(3(7)8)2(6)4(9)10/h2*1,3-6,12-13H,7-9H2;1-2,5-6H,(H,7,8)(H,9,10). The fourth-order valence-electron chi connectivity index (χ4n) is 4.17. The molecule has 2 aromatic rings. The third kappa shape index (κ3) is 8.23. The molecule has 0 radical (unpaired) electrons. The number of hydrogen-bond donors (Lipinski definition) is 6. The molecule has 0 amide bonds. The Bertz CT molecular complexity index is 1020. The van der Waals surface area contributed by atoms with Crippen molar-refractivity contribution in [2.75, 3.05) is 13.1 Å². The monoisotopic (exact) mass is 492 g/mol. The zero-order valence-corrected chi connectivity index (χ0v) is 19.9. The second-order valence-corrected chi connectivity index (χ2v) is 8.32. The summed E-state index contributed by atoms with van der Waals surface area (Å²) in [6, 6.07) is 18.1. The lowest BCUT2D eigenvalue weighted by atomic mass is 10.1. The summed E-state index contributed by atoms with van der Waals surface area (Å²) in [6.07, 6.45) is 10.6. The minimum atomic E-state index is -2.27. The van der Waals surface area contributed by atoms with Gasteiger partial charge in [-0.1, -0.05) is 60.4 Å². The molecule has 4 rings (SSSR count). The largest absolute Gasteiger partial charge is 0.479 e. The summed E-state index contributed by atoms with van der Waals surface area (Å²) in [5, 5.41) is 39.2. The number of benzene rings is 2. The Morgan fingerprint density at radius 2 is 1.14 bits per heavy atom. The Labute approximate surface area is 211 Å². The maximum Gasteiger partial charge on any atom is 0.335 e. The summed E-state index contributed by atoms with van der Waals surface area (Å²) in [7, 11) is 0. The molecule has 0 bridgehead atoms. The maximum atomic E-state index is 9.77. The zero-order valence-electron chi connectivity index (χ0n) is 19.9. The van der Waals surface area contributed by atoms with Crippen LogP contribution in [0, 0.1) is 24.7 Å². The second kappa shape index (κ2) is 14.7. The summed E-state index contributed by atoms with van der Waals surface area (Å²) < 4.78 is 0. The minimum Gasteiger partial charge on any atom is -0.479 e. The first-order chi connectivity index (χ1) is 17.3. The molecule has 2 aliphatic rings. The normalized spacial score (nSPS) is 18.4. The fraction of sp³-hybridized carbons (Fsp3) is 0.357. The first-order valence-electron chi connectivity index (χ1n) is 11.6. The van der Waals surface area contributed by atoms with E-state index >= 15 is 0 Å². The van der Waals surface area contributed by atoms with Crippen LogP contribution in [0.25, 0.3) is 0 Å². The summed E-state index contributed by atoms with van der Waals surface area (Å²) in [5.74, 6) is 1.69. The van der Waals surface area contributed by atoms with Gasteiger partial charge in [-0.25, -0.2) is 9.59 Å². The first-order valence-corrected chi connectivity index (χ1v) is 11.6. The molecule has 8 nitrogen and oxygen atoms in total. The number of carbonyl (C=O) groups is 2. The highest BCUT2D eigenvalue weighted by atomic mass is 16.4. The molecule has 0 fully saturated rings. The van der Waals surface area contributed by atoms with Gasteiger partial charge in [0.1, 0.15) is 0 Å². The van der Waals surface area contributed by atoms with E-state index in [2.05, 4.69) is 71.0 Å². The smallest absolute Gasteiger partial charge is 0.335 e. The average Bonchev–Trinajstić information content (AvgIpc) is 3.50. The number of fused-ring (bicyclic) bond motifs is 2. The summed E-state index contributed by atoms with van der Waals surface area (Å²) in [4.78, 5) is 19.5. The highest BCUT2D eigenvalue weighted by Gasteiger charge is 2.29. The van der Waals surface area contributed by atoms with Crippen molar-refractivity contribution in [1.29, 1.82) is 0 Å². The molecule has 0 heterocycles. The lowest BCUT2D eigenvalue weighted by Crippen LogP contribution is -2.39. The number of aliphatic hydroxyl groups is 2. The van der Waals surface area contributed by atoms with Gasteiger partial charge in [-0.2, -0.15) is 0 Å². The third-order valence-corrected chi connectivity index (χ3v) is 5.97. The highest BCUT2D eigenvalue weighted by Crippen LogP contribution is 2.31. The molecule has 0 aliphatic heterocycles. The third-order valence-electron chi connectivity index (χ3n) is 5.97. The molecular formula is C28H32N2O6. The molecular weight excluding hydrogens is 460 g/mol. The van der Waals surface area contributed by atoms with Crippen LogP contribution in [-0.4, -0.2) is 57.7 Å². The van der Waals surface area contributed by atoms with Crippen LogP contribution in [0.5, 0.6) is 0 Å². The molecule has 0 spiro atoms. The maximum absolute atomic E-state index is 9.77. The Kier molecular flexibility index (Phi) is 11.6. The molecule has 6 N–H and O–H groups in total. The van der Waals surface area contributed by atoms with Crippen molar-refractivity contribution < 1.29 is 30.0 Å². The number of aryl methyl sites for hydroxylation is 2. The van der Waals surface area contributed by atoms with E-state index in [0.717, 1.165) is 0 Å². The Morgan fingerprint density at radius 1 is 0.778 bits per heavy atom. The predicted molar refractivity (Wildman–Crippen MR) is 136 cm³/mol. The van der Waals surface area contributed by atoms with Crippen LogP contribution in [-0.2, 0) is 22.4 Å². The molecule has 0 aromatic heterocycles. The zero-order chi connectivity index (χ0) is 26.5. The summed E-state index contributed by atoms with van der Waals surface area (Å²) in [5.41, 5.74) is 5.80. The second-order valence-electron chi connectivity index (χ2n) is 8.32. The van der Waals surface area contributed by atoms with E-state index in [-0.39, 0.29) is 0 Å². The summed E-state index contributed by atoms with van der Waals surface area (Å²) >= 11 is 0. The number of nitrogens with one attached hydrogen (secondary N) is 2. The molecule has 190 valence electrons. The van der Waals surface area contributed by atoms with Crippen molar-refractivity contribution in [2.24, 2.45) is 0 Å². The number of rotatable bonds is 7. The number of hydrogen-bond acceptors (Lipinski definition) is 6. The molecule has 8 heteroatoms. The van der Waals surface area contributed by atoms with E-state index in [4.69, 9.17) is 33.3 Å². The van der Waals surface area contributed by atoms with Gasteiger partial charge < -0.3 is 20.4 Å². The number of carboxylic acid groups (broad SMARTS) is 2. The minimum absolute atomic E-state index is 0.479. The van der Waals surface area contributed by atoms with Crippen molar-refractivity contribution in [1.82, 2.24) is 10.6 Å². The van der Waals surface area contributed by atoms with Crippen LogP contribution in [0.1, 0.15) is 47.2 Å². The van der Waals surface area contributed by atoms with E-state index in [1.54, 1.807) is 0 Å². The number of terminal acetylenes is 2. The van der Waals surface area contributed by atoms with Crippen LogP contribution in [0.4, 0.5) is 0 Å². The van der Waals surface area contributed by atoms with Gasteiger partial charge in [0, 0.05) is 12.1 Å². The van der Waals surface area contributed by atoms with Gasteiger partial charge in [0.15, 0.2) is 12.2 Å². The van der Waals surface area contributed by atoms with Gasteiger partial charge in [0.25, 0.3) is 0 Å². The van der Waals surface area contributed by atoms with E-state index in [9.17, 15) is 9.59 Å². The first kappa shape index (κ1) is 28.6. The van der Waals surface area contributed by atoms with Crippen molar-refractivity contribution >= 4 is 11.9 Å². The molecule has 4 atom stereocenters. The van der Waals surface area contributed by atoms with Crippen LogP contribution < -0.4 is 10.6 Å². The lowest BCUT2D eigenvalue weighted by molar-refractivity contribution is -0.165. The van der Waals surface area contributed by atoms with E-state index in [1.807, 2.05) is 0 Å². The quantitative estimate of drug-likeness (QED) is 0.321. The van der Waals surface area contributed by atoms with E-state index < -0.39 is 24.1 Å². The van der Waals surface area contributed by atoms with Crippen molar-refractivity contribution in [2.45, 2.75) is 50.0 Å². The molecule has 2 aromatic carbocycles. The molecule has 36 heavy (non-hydrogen) atoms. The fourth-order valence-corrected chi connectivity index (χ4v) is 4.17. The van der Waals surface area contributed by atoms with Gasteiger partial charge in [0.2, 0.25) is 0 Å². The average molecular weight is 493 g/mol. The van der Waals surface area contributed by atoms with Crippen LogP contribution >= 0.6 is 0 Å². The van der Waals surface area contributed by atoms with E-state index in [1.165, 1.54) is 47.9 Å². The van der Waals surface area contributed by atoms with Crippen LogP contribution in [0.3, 0.4) is 0 Å². The van der Waals surface area contributed by atoms with Crippen molar-refractivity contribution in [3.05, 3.63) is 70.8 Å². The highest BCUT2D eigenvalue weighted by molar-refractivity contribution is 5.83. The number of aliphatic carboxylic acids is 2. The van der Waals surface area contributed by atoms with Crippen molar-refractivity contribution in [3.8, 4) is 24.7 Å². The van der Waals surface area contributed by atoms with Gasteiger partial charge in [-0.15, -0.1) is 12.8 Å². The van der Waals surface area contributed by atoms with E-state index in [0.29, 0.717) is 25.2 Å². The van der Waals surface area contributed by atoms with Gasteiger partial charge in [-0.3, -0.25) is 10.6 Å². The molecule has 0 saturated heterocycles. The molecule has 0 saturated carbocycles. The Hall–Kier alpha value is -3.66. The topological polar surface area (TPSA) is 139 Å². The number of aliphatic hydroxyl groups excluding tert-OH is 2. The summed E-state index contributed by atoms with van der Waals surface area (Å²) in [6.45, 7) is 1.33. The van der Waals surface area contributed by atoms with Crippen LogP contribution in [0.2, 0.25) is 0 Å². The Balaban J connectivity index is 0.000000193. The van der Waals surface area contributed by atoms with Crippen LogP contribution in [0.15, 0.2) is 48.5 Å². The predicted octanol–water partition coefficient (Wildman–Crippen LogP) is 1.67. The van der Waals surface area contributed by atoms with Gasteiger partial charge in [0.05, 0.1) is 13.1 Å². The molecule has 4 unspecified atom stereocenters. The number of carboxylic acids is 2. The molecule has 2 aliphatic carbocycles. The van der Waals surface area contributed by atoms with Crippen molar-refractivity contribution in [3.63, 3.8) is 0 Å². The Morgan fingerprint density at radius 3 is 1.47 bits per heavy atom. The lowest BCUT2D eigenvalue weighted by Gasteiger charge is -2.10.